The molecule has 3 heteroatoms. The van der Waals surface area contributed by atoms with Crippen LogP contribution in [0.5, 0.6) is 0 Å². The zero-order valence-electron chi connectivity index (χ0n) is 6.76. The summed E-state index contributed by atoms with van der Waals surface area (Å²) < 4.78 is 0. The van der Waals surface area contributed by atoms with Crippen LogP contribution in [0.3, 0.4) is 0 Å². The van der Waals surface area contributed by atoms with Crippen molar-refractivity contribution in [3.63, 3.8) is 0 Å². The summed E-state index contributed by atoms with van der Waals surface area (Å²) in [5, 5.41) is 8.10. The van der Waals surface area contributed by atoms with Gasteiger partial charge in [-0.15, -0.1) is 5.10 Å². The first-order chi connectivity index (χ1) is 5.29. The summed E-state index contributed by atoms with van der Waals surface area (Å²) in [6, 6.07) is 0. The SMILES string of the molecule is CCc1cnnc(Cl)c1CC. The molecule has 0 spiro atoms. The van der Waals surface area contributed by atoms with E-state index in [0.29, 0.717) is 5.15 Å². The summed E-state index contributed by atoms with van der Waals surface area (Å²) in [6.45, 7) is 4.16. The van der Waals surface area contributed by atoms with Crippen LogP contribution in [0.2, 0.25) is 5.15 Å². The van der Waals surface area contributed by atoms with Crippen LogP contribution in [0.15, 0.2) is 6.20 Å². The third kappa shape index (κ3) is 1.69. The Bertz CT molecular complexity index is 248. The van der Waals surface area contributed by atoms with Gasteiger partial charge in [-0.3, -0.25) is 0 Å². The number of aromatic nitrogens is 2. The van der Waals surface area contributed by atoms with Gasteiger partial charge in [0.25, 0.3) is 0 Å². The van der Waals surface area contributed by atoms with E-state index < -0.39 is 0 Å². The third-order valence-corrected chi connectivity index (χ3v) is 2.03. The van der Waals surface area contributed by atoms with Gasteiger partial charge < -0.3 is 0 Å². The number of hydrogen-bond acceptors (Lipinski definition) is 2. The lowest BCUT2D eigenvalue weighted by Crippen LogP contribution is -1.96. The molecule has 0 aromatic carbocycles. The lowest BCUT2D eigenvalue weighted by Gasteiger charge is -2.03. The average Bonchev–Trinajstić information content (AvgIpc) is 2.04. The second-order valence-corrected chi connectivity index (χ2v) is 2.70. The molecule has 1 aromatic heterocycles. The van der Waals surface area contributed by atoms with Crippen molar-refractivity contribution in [3.8, 4) is 0 Å². The summed E-state index contributed by atoms with van der Waals surface area (Å²) in [4.78, 5) is 0. The van der Waals surface area contributed by atoms with Gasteiger partial charge in [0.2, 0.25) is 0 Å². The van der Waals surface area contributed by atoms with Gasteiger partial charge in [-0.1, -0.05) is 25.4 Å². The fraction of sp³-hybridized carbons (Fsp3) is 0.500. The second kappa shape index (κ2) is 3.67. The van der Waals surface area contributed by atoms with Gasteiger partial charge in [-0.25, -0.2) is 0 Å². The summed E-state index contributed by atoms with van der Waals surface area (Å²) in [7, 11) is 0. The number of nitrogens with zero attached hydrogens (tertiary/aromatic N) is 2. The van der Waals surface area contributed by atoms with Crippen LogP contribution >= 0.6 is 11.6 Å². The van der Waals surface area contributed by atoms with Crippen LogP contribution in [0.1, 0.15) is 25.0 Å². The standard InChI is InChI=1S/C8H11ClN2/c1-3-6-5-10-11-8(9)7(6)4-2/h5H,3-4H2,1-2H3. The predicted octanol–water partition coefficient (Wildman–Crippen LogP) is 2.25. The molecule has 11 heavy (non-hydrogen) atoms. The summed E-state index contributed by atoms with van der Waals surface area (Å²) in [5.74, 6) is 0. The molecule has 0 radical (unpaired) electrons. The van der Waals surface area contributed by atoms with E-state index in [4.69, 9.17) is 11.6 Å². The molecule has 0 amide bonds. The van der Waals surface area contributed by atoms with E-state index in [1.54, 1.807) is 6.20 Å². The topological polar surface area (TPSA) is 25.8 Å². The van der Waals surface area contributed by atoms with E-state index in [9.17, 15) is 0 Å². The zero-order chi connectivity index (χ0) is 8.27. The number of aryl methyl sites for hydroxylation is 1. The molecule has 0 saturated heterocycles. The van der Waals surface area contributed by atoms with Gasteiger partial charge in [0, 0.05) is 0 Å². The summed E-state index contributed by atoms with van der Waals surface area (Å²) in [6.07, 6.45) is 3.68. The molecule has 1 aromatic rings. The maximum atomic E-state index is 5.83. The Morgan fingerprint density at radius 2 is 2.09 bits per heavy atom. The summed E-state index contributed by atoms with van der Waals surface area (Å²) in [5.41, 5.74) is 2.33. The van der Waals surface area contributed by atoms with Gasteiger partial charge in [0.1, 0.15) is 0 Å². The Labute approximate surface area is 71.6 Å². The Kier molecular flexibility index (Phi) is 2.83. The monoisotopic (exact) mass is 170 g/mol. The average molecular weight is 171 g/mol. The van der Waals surface area contributed by atoms with E-state index in [1.807, 2.05) is 0 Å². The first kappa shape index (κ1) is 8.47. The summed E-state index contributed by atoms with van der Waals surface area (Å²) >= 11 is 5.83. The Balaban J connectivity index is 3.13. The molecular formula is C8H11ClN2. The smallest absolute Gasteiger partial charge is 0.155 e. The van der Waals surface area contributed by atoms with E-state index in [-0.39, 0.29) is 0 Å². The second-order valence-electron chi connectivity index (χ2n) is 2.35. The Hall–Kier alpha value is -0.630. The molecule has 0 atom stereocenters. The van der Waals surface area contributed by atoms with Crippen molar-refractivity contribution in [1.29, 1.82) is 0 Å². The lowest BCUT2D eigenvalue weighted by atomic mass is 10.1. The number of halogens is 1. The van der Waals surface area contributed by atoms with Crippen LogP contribution < -0.4 is 0 Å². The maximum Gasteiger partial charge on any atom is 0.155 e. The molecule has 0 fully saturated rings. The molecule has 0 aliphatic heterocycles. The van der Waals surface area contributed by atoms with Crippen LogP contribution in [0.4, 0.5) is 0 Å². The van der Waals surface area contributed by atoms with E-state index in [2.05, 4.69) is 24.0 Å². The minimum atomic E-state index is 0.548. The fourth-order valence-electron chi connectivity index (χ4n) is 1.10. The third-order valence-electron chi connectivity index (χ3n) is 1.73. The van der Waals surface area contributed by atoms with Crippen molar-refractivity contribution >= 4 is 11.6 Å². The van der Waals surface area contributed by atoms with Gasteiger partial charge in [0.15, 0.2) is 5.15 Å². The quantitative estimate of drug-likeness (QED) is 0.681. The minimum Gasteiger partial charge on any atom is -0.157 e. The lowest BCUT2D eigenvalue weighted by molar-refractivity contribution is 0.928. The van der Waals surface area contributed by atoms with Crippen LogP contribution in [0, 0.1) is 0 Å². The van der Waals surface area contributed by atoms with Crippen molar-refractivity contribution < 1.29 is 0 Å². The fourth-order valence-corrected chi connectivity index (χ4v) is 1.40. The highest BCUT2D eigenvalue weighted by Gasteiger charge is 2.04. The predicted molar refractivity (Wildman–Crippen MR) is 45.8 cm³/mol. The normalized spacial score (nSPS) is 10.1. The highest BCUT2D eigenvalue weighted by Crippen LogP contribution is 2.16. The van der Waals surface area contributed by atoms with Crippen LogP contribution in [0.25, 0.3) is 0 Å². The molecule has 1 heterocycles. The molecule has 0 N–H and O–H groups in total. The van der Waals surface area contributed by atoms with Crippen LogP contribution in [-0.2, 0) is 12.8 Å². The van der Waals surface area contributed by atoms with E-state index in [0.717, 1.165) is 18.4 Å². The van der Waals surface area contributed by atoms with Gasteiger partial charge in [0.05, 0.1) is 6.20 Å². The minimum absolute atomic E-state index is 0.548. The van der Waals surface area contributed by atoms with Crippen LogP contribution in [-0.4, -0.2) is 10.2 Å². The molecule has 0 unspecified atom stereocenters. The van der Waals surface area contributed by atoms with Crippen molar-refractivity contribution in [3.05, 3.63) is 22.5 Å². The molecule has 0 bridgehead atoms. The largest absolute Gasteiger partial charge is 0.157 e. The zero-order valence-corrected chi connectivity index (χ0v) is 7.52. The number of hydrogen-bond donors (Lipinski definition) is 0. The first-order valence-electron chi connectivity index (χ1n) is 3.78. The Morgan fingerprint density at radius 3 is 2.55 bits per heavy atom. The molecular weight excluding hydrogens is 160 g/mol. The van der Waals surface area contributed by atoms with Crippen molar-refractivity contribution in [2.45, 2.75) is 26.7 Å². The van der Waals surface area contributed by atoms with Crippen molar-refractivity contribution in [2.75, 3.05) is 0 Å². The molecule has 0 aliphatic rings. The Morgan fingerprint density at radius 1 is 1.36 bits per heavy atom. The van der Waals surface area contributed by atoms with Gasteiger partial charge >= 0.3 is 0 Å². The molecule has 0 aliphatic carbocycles. The highest BCUT2D eigenvalue weighted by atomic mass is 35.5. The molecule has 0 saturated carbocycles. The van der Waals surface area contributed by atoms with Crippen molar-refractivity contribution in [1.82, 2.24) is 10.2 Å². The maximum absolute atomic E-state index is 5.83. The molecule has 60 valence electrons. The number of rotatable bonds is 2. The van der Waals surface area contributed by atoms with Gasteiger partial charge in [-0.05, 0) is 24.0 Å². The molecule has 1 rings (SSSR count). The van der Waals surface area contributed by atoms with Crippen molar-refractivity contribution in [2.24, 2.45) is 0 Å². The van der Waals surface area contributed by atoms with E-state index >= 15 is 0 Å². The highest BCUT2D eigenvalue weighted by molar-refractivity contribution is 6.30. The van der Waals surface area contributed by atoms with E-state index in [1.165, 1.54) is 5.56 Å². The first-order valence-corrected chi connectivity index (χ1v) is 4.16. The molecule has 2 nitrogen and oxygen atoms in total. The van der Waals surface area contributed by atoms with Gasteiger partial charge in [-0.2, -0.15) is 5.10 Å².